The Morgan fingerprint density at radius 1 is 1.42 bits per heavy atom. The molecule has 2 nitrogen and oxygen atoms in total. The van der Waals surface area contributed by atoms with Crippen molar-refractivity contribution in [3.63, 3.8) is 0 Å². The van der Waals surface area contributed by atoms with Crippen LogP contribution in [0.4, 0.5) is 0 Å². The average molecular weight is 172 g/mol. The van der Waals surface area contributed by atoms with Crippen molar-refractivity contribution in [3.8, 4) is 0 Å². The molecule has 0 spiro atoms. The molecule has 1 atom stereocenters. The molecule has 0 N–H and O–H groups in total. The molecule has 0 amide bonds. The minimum absolute atomic E-state index is 0.384. The zero-order valence-corrected chi connectivity index (χ0v) is 8.59. The summed E-state index contributed by atoms with van der Waals surface area (Å²) in [5.74, 6) is 0.481. The maximum Gasteiger partial charge on any atom is 0.293 e. The zero-order chi connectivity index (χ0) is 9.61. The van der Waals surface area contributed by atoms with Crippen molar-refractivity contribution in [1.29, 1.82) is 0 Å². The van der Waals surface area contributed by atoms with Crippen molar-refractivity contribution >= 4 is 6.47 Å². The van der Waals surface area contributed by atoms with E-state index in [9.17, 15) is 4.79 Å². The molecule has 0 aliphatic heterocycles. The van der Waals surface area contributed by atoms with Gasteiger partial charge in [-0.3, -0.25) is 4.79 Å². The van der Waals surface area contributed by atoms with Gasteiger partial charge < -0.3 is 4.74 Å². The number of ether oxygens (including phenoxy) is 1. The van der Waals surface area contributed by atoms with Crippen LogP contribution in [0.2, 0.25) is 0 Å². The van der Waals surface area contributed by atoms with Crippen LogP contribution >= 0.6 is 0 Å². The summed E-state index contributed by atoms with van der Waals surface area (Å²) in [4.78, 5) is 9.89. The van der Waals surface area contributed by atoms with E-state index >= 15 is 0 Å². The number of carbonyl (C=O) groups is 1. The molecule has 72 valence electrons. The summed E-state index contributed by atoms with van der Waals surface area (Å²) in [7, 11) is 0. The third-order valence-electron chi connectivity index (χ3n) is 1.84. The third-order valence-corrected chi connectivity index (χ3v) is 1.84. The van der Waals surface area contributed by atoms with Gasteiger partial charge in [-0.15, -0.1) is 0 Å². The molecule has 12 heavy (non-hydrogen) atoms. The standard InChI is InChI=1S/C10H20O2/c1-9(7-12-8-11)5-6-10(2,3)4/h8-9H,5-7H2,1-4H3. The van der Waals surface area contributed by atoms with E-state index in [4.69, 9.17) is 0 Å². The van der Waals surface area contributed by atoms with Gasteiger partial charge in [-0.1, -0.05) is 27.7 Å². The molecular weight excluding hydrogens is 152 g/mol. The van der Waals surface area contributed by atoms with Crippen LogP contribution in [0.5, 0.6) is 0 Å². The molecule has 0 aromatic carbocycles. The van der Waals surface area contributed by atoms with Gasteiger partial charge in [0, 0.05) is 0 Å². The molecule has 0 bridgehead atoms. The summed E-state index contributed by atoms with van der Waals surface area (Å²) in [5.41, 5.74) is 0.384. The fourth-order valence-electron chi connectivity index (χ4n) is 0.966. The largest absolute Gasteiger partial charge is 0.468 e. The average Bonchev–Trinajstić information content (AvgIpc) is 1.95. The van der Waals surface area contributed by atoms with Gasteiger partial charge in [-0.2, -0.15) is 0 Å². The Hall–Kier alpha value is -0.530. The normalized spacial score (nSPS) is 14.0. The van der Waals surface area contributed by atoms with Crippen LogP contribution in [0.1, 0.15) is 40.5 Å². The summed E-state index contributed by atoms with van der Waals surface area (Å²) >= 11 is 0. The Bertz CT molecular complexity index is 124. The molecule has 0 saturated heterocycles. The Morgan fingerprint density at radius 2 is 2.00 bits per heavy atom. The fourth-order valence-corrected chi connectivity index (χ4v) is 0.966. The van der Waals surface area contributed by atoms with Gasteiger partial charge >= 0.3 is 0 Å². The van der Waals surface area contributed by atoms with Crippen molar-refractivity contribution in [2.24, 2.45) is 11.3 Å². The summed E-state index contributed by atoms with van der Waals surface area (Å²) in [6.07, 6.45) is 2.30. The third kappa shape index (κ3) is 7.58. The second-order valence-electron chi connectivity index (χ2n) is 4.63. The number of rotatable bonds is 5. The molecule has 2 heteroatoms. The Balaban J connectivity index is 3.43. The van der Waals surface area contributed by atoms with Crippen molar-refractivity contribution in [2.75, 3.05) is 6.61 Å². The minimum atomic E-state index is 0.384. The van der Waals surface area contributed by atoms with E-state index in [2.05, 4.69) is 32.4 Å². The van der Waals surface area contributed by atoms with Gasteiger partial charge in [0.1, 0.15) is 0 Å². The molecule has 0 saturated carbocycles. The van der Waals surface area contributed by atoms with Gasteiger partial charge in [0.2, 0.25) is 0 Å². The first-order valence-electron chi connectivity index (χ1n) is 4.51. The molecule has 0 fully saturated rings. The number of carbonyl (C=O) groups excluding carboxylic acids is 1. The topological polar surface area (TPSA) is 26.3 Å². The lowest BCUT2D eigenvalue weighted by molar-refractivity contribution is -0.129. The molecular formula is C10H20O2. The molecule has 0 aromatic heterocycles. The second-order valence-corrected chi connectivity index (χ2v) is 4.63. The predicted octanol–water partition coefficient (Wildman–Crippen LogP) is 2.62. The molecule has 0 radical (unpaired) electrons. The SMILES string of the molecule is CC(CCC(C)(C)C)COC=O. The minimum Gasteiger partial charge on any atom is -0.468 e. The van der Waals surface area contributed by atoms with E-state index in [1.807, 2.05) is 0 Å². The Labute approximate surface area is 75.3 Å². The van der Waals surface area contributed by atoms with Crippen LogP contribution in [-0.2, 0) is 9.53 Å². The van der Waals surface area contributed by atoms with E-state index < -0.39 is 0 Å². The van der Waals surface area contributed by atoms with Crippen LogP contribution in [-0.4, -0.2) is 13.1 Å². The molecule has 0 aromatic rings. The highest BCUT2D eigenvalue weighted by Gasteiger charge is 2.12. The highest BCUT2D eigenvalue weighted by Crippen LogP contribution is 2.23. The van der Waals surface area contributed by atoms with E-state index in [0.717, 1.165) is 6.42 Å². The van der Waals surface area contributed by atoms with Crippen molar-refractivity contribution < 1.29 is 9.53 Å². The highest BCUT2D eigenvalue weighted by molar-refractivity contribution is 5.36. The van der Waals surface area contributed by atoms with Gasteiger partial charge in [-0.05, 0) is 24.2 Å². The van der Waals surface area contributed by atoms with Gasteiger partial charge in [0.15, 0.2) is 0 Å². The smallest absolute Gasteiger partial charge is 0.293 e. The van der Waals surface area contributed by atoms with E-state index in [-0.39, 0.29) is 0 Å². The van der Waals surface area contributed by atoms with Crippen molar-refractivity contribution in [2.45, 2.75) is 40.5 Å². The Kier molecular flexibility index (Phi) is 4.95. The number of hydrogen-bond donors (Lipinski definition) is 0. The molecule has 0 aliphatic carbocycles. The zero-order valence-electron chi connectivity index (χ0n) is 8.59. The number of hydrogen-bond acceptors (Lipinski definition) is 2. The summed E-state index contributed by atoms with van der Waals surface area (Å²) < 4.78 is 4.68. The van der Waals surface area contributed by atoms with Crippen LogP contribution in [0.15, 0.2) is 0 Å². The highest BCUT2D eigenvalue weighted by atomic mass is 16.5. The van der Waals surface area contributed by atoms with Gasteiger partial charge in [-0.25, -0.2) is 0 Å². The van der Waals surface area contributed by atoms with E-state index in [0.29, 0.717) is 24.4 Å². The lowest BCUT2D eigenvalue weighted by atomic mass is 9.87. The molecule has 0 aliphatic rings. The Morgan fingerprint density at radius 3 is 2.42 bits per heavy atom. The van der Waals surface area contributed by atoms with Crippen LogP contribution < -0.4 is 0 Å². The van der Waals surface area contributed by atoms with Crippen molar-refractivity contribution in [1.82, 2.24) is 0 Å². The monoisotopic (exact) mass is 172 g/mol. The first kappa shape index (κ1) is 11.5. The van der Waals surface area contributed by atoms with Crippen LogP contribution in [0.25, 0.3) is 0 Å². The fraction of sp³-hybridized carbons (Fsp3) is 0.900. The predicted molar refractivity (Wildman–Crippen MR) is 49.9 cm³/mol. The second kappa shape index (κ2) is 5.18. The van der Waals surface area contributed by atoms with Crippen LogP contribution in [0.3, 0.4) is 0 Å². The first-order valence-corrected chi connectivity index (χ1v) is 4.51. The maximum absolute atomic E-state index is 9.89. The van der Waals surface area contributed by atoms with Gasteiger partial charge in [0.05, 0.1) is 6.61 Å². The van der Waals surface area contributed by atoms with Gasteiger partial charge in [0.25, 0.3) is 6.47 Å². The van der Waals surface area contributed by atoms with Crippen LogP contribution in [0, 0.1) is 11.3 Å². The summed E-state index contributed by atoms with van der Waals surface area (Å²) in [6, 6.07) is 0. The quantitative estimate of drug-likeness (QED) is 0.596. The summed E-state index contributed by atoms with van der Waals surface area (Å²) in [5, 5.41) is 0. The first-order chi connectivity index (χ1) is 5.45. The molecule has 0 rings (SSSR count). The summed E-state index contributed by atoms with van der Waals surface area (Å²) in [6.45, 7) is 9.85. The van der Waals surface area contributed by atoms with E-state index in [1.165, 1.54) is 6.42 Å². The van der Waals surface area contributed by atoms with Crippen molar-refractivity contribution in [3.05, 3.63) is 0 Å². The lowest BCUT2D eigenvalue weighted by Gasteiger charge is -2.20. The van der Waals surface area contributed by atoms with E-state index in [1.54, 1.807) is 0 Å². The lowest BCUT2D eigenvalue weighted by Crippen LogP contribution is -2.11. The molecule has 0 heterocycles. The molecule has 1 unspecified atom stereocenters. The maximum atomic E-state index is 9.89.